The van der Waals surface area contributed by atoms with Gasteiger partial charge in [0.1, 0.15) is 0 Å². The van der Waals surface area contributed by atoms with Crippen molar-refractivity contribution in [2.45, 2.75) is 63.8 Å². The molecule has 3 heterocycles. The van der Waals surface area contributed by atoms with Crippen LogP contribution < -0.4 is 9.62 Å². The van der Waals surface area contributed by atoms with Crippen molar-refractivity contribution in [1.82, 2.24) is 24.3 Å². The van der Waals surface area contributed by atoms with Crippen LogP contribution in [0.2, 0.25) is 0 Å². The largest absolute Gasteiger partial charge is 0.370 e. The summed E-state index contributed by atoms with van der Waals surface area (Å²) in [6.45, 7) is 10.7. The number of halogens is 2. The number of imidazole rings is 1. The fraction of sp³-hybridized carbons (Fsp3) is 0.571. The lowest BCUT2D eigenvalue weighted by Gasteiger charge is -2.27. The van der Waals surface area contributed by atoms with Crippen LogP contribution >= 0.6 is 23.3 Å². The van der Waals surface area contributed by atoms with E-state index >= 15 is 0 Å². The van der Waals surface area contributed by atoms with Gasteiger partial charge in [0.2, 0.25) is 0 Å². The molecule has 0 bridgehead atoms. The molecule has 1 aliphatic rings. The summed E-state index contributed by atoms with van der Waals surface area (Å²) in [5.41, 5.74) is 2.23. The zero-order chi connectivity index (χ0) is 22.2. The Bertz CT molecular complexity index is 1040. The quantitative estimate of drug-likeness (QED) is 0.381. The highest BCUT2D eigenvalue weighted by atomic mass is 32.2. The molecule has 168 valence electrons. The van der Waals surface area contributed by atoms with Crippen LogP contribution in [0, 0.1) is 5.92 Å². The minimum absolute atomic E-state index is 0.185. The Balaban J connectivity index is 1.79. The van der Waals surface area contributed by atoms with Crippen molar-refractivity contribution in [3.63, 3.8) is 0 Å². The average molecular weight is 467 g/mol. The molecule has 3 aromatic rings. The number of anilines is 1. The van der Waals surface area contributed by atoms with Crippen molar-refractivity contribution in [3.8, 4) is 10.8 Å². The topological polar surface area (TPSA) is 58.4 Å². The highest BCUT2D eigenvalue weighted by molar-refractivity contribution is 7.97. The van der Waals surface area contributed by atoms with Gasteiger partial charge in [-0.15, -0.1) is 10.2 Å². The van der Waals surface area contributed by atoms with E-state index in [4.69, 9.17) is 0 Å². The van der Waals surface area contributed by atoms with Crippen LogP contribution in [0.5, 0.6) is 0 Å². The minimum Gasteiger partial charge on any atom is -0.370 e. The highest BCUT2D eigenvalue weighted by Gasteiger charge is 2.37. The Kier molecular flexibility index (Phi) is 6.50. The molecule has 31 heavy (non-hydrogen) atoms. The summed E-state index contributed by atoms with van der Waals surface area (Å²) < 4.78 is 31.6. The second-order valence-corrected chi connectivity index (χ2v) is 10.6. The van der Waals surface area contributed by atoms with E-state index in [2.05, 4.69) is 58.6 Å². The predicted molar refractivity (Wildman–Crippen MR) is 123 cm³/mol. The molecule has 0 saturated heterocycles. The van der Waals surface area contributed by atoms with E-state index in [0.717, 1.165) is 46.9 Å². The fourth-order valence-corrected chi connectivity index (χ4v) is 5.02. The third kappa shape index (κ3) is 5.01. The van der Waals surface area contributed by atoms with Gasteiger partial charge in [-0.3, -0.25) is 9.12 Å². The number of nitrogens with one attached hydrogen (secondary N) is 1. The van der Waals surface area contributed by atoms with E-state index in [0.29, 0.717) is 16.7 Å². The summed E-state index contributed by atoms with van der Waals surface area (Å²) in [6.07, 6.45) is 4.55. The number of hydrogen-bond acceptors (Lipinski definition) is 7. The maximum absolute atomic E-state index is 13.1. The zero-order valence-corrected chi connectivity index (χ0v) is 19.9. The molecule has 0 atom stereocenters. The highest BCUT2D eigenvalue weighted by Crippen LogP contribution is 2.39. The van der Waals surface area contributed by atoms with Crippen molar-refractivity contribution in [3.05, 3.63) is 23.5 Å². The molecular weight excluding hydrogens is 438 g/mol. The first-order chi connectivity index (χ1) is 14.8. The molecule has 3 aromatic heterocycles. The lowest BCUT2D eigenvalue weighted by molar-refractivity contribution is 0.150. The summed E-state index contributed by atoms with van der Waals surface area (Å²) in [5.74, 6) is 1.05. The molecular formula is C21H28F2N6S2. The van der Waals surface area contributed by atoms with Gasteiger partial charge in [0.15, 0.2) is 15.8 Å². The molecule has 6 nitrogen and oxygen atoms in total. The monoisotopic (exact) mass is 466 g/mol. The summed E-state index contributed by atoms with van der Waals surface area (Å²) in [4.78, 5) is 7.99. The van der Waals surface area contributed by atoms with E-state index in [1.54, 1.807) is 18.1 Å². The number of hydrogen-bond donors (Lipinski definition) is 1. The van der Waals surface area contributed by atoms with Crippen LogP contribution in [0.25, 0.3) is 16.3 Å². The Hall–Kier alpha value is -1.78. The van der Waals surface area contributed by atoms with Gasteiger partial charge in [-0.2, -0.15) is 0 Å². The molecule has 1 aliphatic carbocycles. The number of nitrogens with zero attached hydrogens (tertiary/aromatic N) is 5. The van der Waals surface area contributed by atoms with Crippen LogP contribution in [0.15, 0.2) is 23.4 Å². The maximum atomic E-state index is 13.1. The van der Waals surface area contributed by atoms with E-state index in [9.17, 15) is 8.78 Å². The zero-order valence-electron chi connectivity index (χ0n) is 18.2. The summed E-state index contributed by atoms with van der Waals surface area (Å²) >= 11 is 2.50. The third-order valence-electron chi connectivity index (χ3n) is 5.25. The Morgan fingerprint density at radius 1 is 1.32 bits per heavy atom. The summed E-state index contributed by atoms with van der Waals surface area (Å²) in [6, 6.07) is 2.20. The van der Waals surface area contributed by atoms with Gasteiger partial charge in [0, 0.05) is 29.7 Å². The minimum atomic E-state index is -2.63. The smallest absolute Gasteiger partial charge is 0.291 e. The SMILES string of the molecule is CCCN(CC(C)C)c1cc(SNC2(C)CC2)cn2c(-c3nnc(C(F)F)s3)ncc12. The molecule has 1 N–H and O–H groups in total. The van der Waals surface area contributed by atoms with Gasteiger partial charge in [-0.05, 0) is 50.1 Å². The number of fused-ring (bicyclic) bond motifs is 1. The molecule has 4 rings (SSSR count). The standard InChI is InChI=1S/C21H28F2N6S2/c1-5-8-28(11-13(2)3)15-9-14(31-27-21(4)6-7-21)12-29-16(15)10-24-18(29)20-26-25-19(30-20)17(22)23/h9-10,12-13,17,27H,5-8,11H2,1-4H3. The molecule has 10 heteroatoms. The normalized spacial score (nSPS) is 15.4. The van der Waals surface area contributed by atoms with Crippen LogP contribution in [0.4, 0.5) is 14.5 Å². The molecule has 1 saturated carbocycles. The molecule has 0 amide bonds. The molecule has 0 aliphatic heterocycles. The summed E-state index contributed by atoms with van der Waals surface area (Å²) in [7, 11) is 0. The van der Waals surface area contributed by atoms with Gasteiger partial charge >= 0.3 is 0 Å². The second-order valence-electron chi connectivity index (χ2n) is 8.75. The fourth-order valence-electron chi connectivity index (χ4n) is 3.43. The van der Waals surface area contributed by atoms with Gasteiger partial charge in [0.05, 0.1) is 17.4 Å². The number of rotatable bonds is 10. The molecule has 1 fully saturated rings. The maximum Gasteiger partial charge on any atom is 0.291 e. The molecule has 0 spiro atoms. The van der Waals surface area contributed by atoms with Crippen LogP contribution in [0.1, 0.15) is 58.4 Å². The van der Waals surface area contributed by atoms with Crippen molar-refractivity contribution >= 4 is 34.5 Å². The van der Waals surface area contributed by atoms with Crippen LogP contribution in [-0.4, -0.2) is 38.2 Å². The van der Waals surface area contributed by atoms with E-state index < -0.39 is 6.43 Å². The lowest BCUT2D eigenvalue weighted by atomic mass is 10.2. The third-order valence-corrected chi connectivity index (χ3v) is 7.23. The first kappa shape index (κ1) is 22.4. The van der Waals surface area contributed by atoms with Gasteiger partial charge in [-0.1, -0.05) is 32.1 Å². The Morgan fingerprint density at radius 2 is 2.10 bits per heavy atom. The van der Waals surface area contributed by atoms with Crippen molar-refractivity contribution in [2.75, 3.05) is 18.0 Å². The van der Waals surface area contributed by atoms with Crippen LogP contribution in [-0.2, 0) is 0 Å². The predicted octanol–water partition coefficient (Wildman–Crippen LogP) is 5.81. The van der Waals surface area contributed by atoms with Crippen LogP contribution in [0.3, 0.4) is 0 Å². The number of alkyl halides is 2. The van der Waals surface area contributed by atoms with Crippen molar-refractivity contribution in [2.24, 2.45) is 5.92 Å². The lowest BCUT2D eigenvalue weighted by Crippen LogP contribution is -2.29. The average Bonchev–Trinajstić information content (AvgIpc) is 3.11. The van der Waals surface area contributed by atoms with Gasteiger partial charge < -0.3 is 4.90 Å². The molecule has 0 aromatic carbocycles. The van der Waals surface area contributed by atoms with E-state index in [1.165, 1.54) is 12.8 Å². The van der Waals surface area contributed by atoms with E-state index in [-0.39, 0.29) is 10.5 Å². The first-order valence-corrected chi connectivity index (χ1v) is 12.2. The molecule has 0 unspecified atom stereocenters. The number of pyridine rings is 1. The first-order valence-electron chi connectivity index (χ1n) is 10.6. The van der Waals surface area contributed by atoms with Crippen molar-refractivity contribution < 1.29 is 8.78 Å². The Morgan fingerprint density at radius 3 is 2.71 bits per heavy atom. The van der Waals surface area contributed by atoms with E-state index in [1.807, 2.05) is 10.6 Å². The number of aromatic nitrogens is 4. The van der Waals surface area contributed by atoms with Gasteiger partial charge in [-0.25, -0.2) is 13.8 Å². The second kappa shape index (κ2) is 8.99. The van der Waals surface area contributed by atoms with Gasteiger partial charge in [0.25, 0.3) is 6.43 Å². The van der Waals surface area contributed by atoms with Crippen molar-refractivity contribution in [1.29, 1.82) is 0 Å². The molecule has 0 radical (unpaired) electrons. The Labute approximate surface area is 189 Å². The summed E-state index contributed by atoms with van der Waals surface area (Å²) in [5, 5.41) is 7.74.